The van der Waals surface area contributed by atoms with E-state index in [0.717, 1.165) is 33.8 Å². The van der Waals surface area contributed by atoms with E-state index in [1.807, 2.05) is 41.5 Å². The van der Waals surface area contributed by atoms with Crippen molar-refractivity contribution in [3.8, 4) is 0 Å². The molecule has 31 heavy (non-hydrogen) atoms. The van der Waals surface area contributed by atoms with Crippen molar-refractivity contribution < 1.29 is 4.79 Å². The summed E-state index contributed by atoms with van der Waals surface area (Å²) < 4.78 is 0. The van der Waals surface area contributed by atoms with Crippen molar-refractivity contribution >= 4 is 34.4 Å². The molecule has 5 rings (SSSR count). The van der Waals surface area contributed by atoms with Crippen molar-refractivity contribution in [1.29, 1.82) is 0 Å². The Morgan fingerprint density at radius 2 is 1.87 bits per heavy atom. The molecule has 156 valence electrons. The third-order valence-corrected chi connectivity index (χ3v) is 6.73. The summed E-state index contributed by atoms with van der Waals surface area (Å²) in [5, 5.41) is 4.37. The number of thioether (sulfide) groups is 1. The SMILES string of the molecule is CSc1cccc(NC(=O)N2CCc3c([nH]c4ccccc34)[C@@H]2c2ccc(C)cc2)c1. The zero-order chi connectivity index (χ0) is 21.4. The van der Waals surface area contributed by atoms with Crippen LogP contribution in [0.15, 0.2) is 77.7 Å². The standard InChI is InChI=1S/C26H25N3OS/c1-17-10-12-18(13-11-17)25-24-22(21-8-3-4-9-23(21)28-24)14-15-29(25)26(30)27-19-6-5-7-20(16-19)31-2/h3-13,16,25,28H,14-15H2,1-2H3,(H,27,30)/t25-/m0/s1. The Kier molecular flexibility index (Phi) is 5.20. The number of nitrogens with zero attached hydrogens (tertiary/aromatic N) is 1. The number of hydrogen-bond acceptors (Lipinski definition) is 2. The normalized spacial score (nSPS) is 15.7. The molecule has 4 nitrogen and oxygen atoms in total. The first-order chi connectivity index (χ1) is 15.1. The Labute approximate surface area is 186 Å². The van der Waals surface area contributed by atoms with E-state index in [2.05, 4.69) is 59.7 Å². The molecule has 2 amide bonds. The number of urea groups is 1. The Morgan fingerprint density at radius 3 is 2.68 bits per heavy atom. The van der Waals surface area contributed by atoms with Gasteiger partial charge in [0.2, 0.25) is 0 Å². The second-order valence-corrected chi connectivity index (χ2v) is 8.86. The number of aromatic nitrogens is 1. The van der Waals surface area contributed by atoms with Gasteiger partial charge in [-0.1, -0.05) is 54.1 Å². The smallest absolute Gasteiger partial charge is 0.322 e. The molecule has 3 aromatic carbocycles. The van der Waals surface area contributed by atoms with E-state index in [1.165, 1.54) is 16.5 Å². The van der Waals surface area contributed by atoms with Gasteiger partial charge in [-0.05, 0) is 55.0 Å². The van der Waals surface area contributed by atoms with E-state index >= 15 is 0 Å². The molecule has 0 unspecified atom stereocenters. The average Bonchev–Trinajstić information content (AvgIpc) is 3.18. The summed E-state index contributed by atoms with van der Waals surface area (Å²) in [4.78, 5) is 20.1. The highest BCUT2D eigenvalue weighted by Gasteiger charge is 2.34. The topological polar surface area (TPSA) is 48.1 Å². The van der Waals surface area contributed by atoms with Crippen LogP contribution in [0.4, 0.5) is 10.5 Å². The van der Waals surface area contributed by atoms with Crippen LogP contribution in [0.2, 0.25) is 0 Å². The predicted molar refractivity (Wildman–Crippen MR) is 129 cm³/mol. The zero-order valence-corrected chi connectivity index (χ0v) is 18.5. The van der Waals surface area contributed by atoms with Crippen LogP contribution in [0, 0.1) is 6.92 Å². The molecule has 0 fully saturated rings. The minimum absolute atomic E-state index is 0.0758. The molecule has 5 heteroatoms. The Hall–Kier alpha value is -3.18. The number of H-pyrrole nitrogens is 1. The average molecular weight is 428 g/mol. The van der Waals surface area contributed by atoms with Crippen molar-refractivity contribution in [2.24, 2.45) is 0 Å². The fourth-order valence-corrected chi connectivity index (χ4v) is 4.91. The number of rotatable bonds is 3. The lowest BCUT2D eigenvalue weighted by Crippen LogP contribution is -2.43. The highest BCUT2D eigenvalue weighted by molar-refractivity contribution is 7.98. The first kappa shape index (κ1) is 19.8. The van der Waals surface area contributed by atoms with Gasteiger partial charge in [-0.15, -0.1) is 11.8 Å². The number of carbonyl (C=O) groups excluding carboxylic acids is 1. The number of nitrogens with one attached hydrogen (secondary N) is 2. The molecule has 0 aliphatic carbocycles. The number of amides is 2. The quantitative estimate of drug-likeness (QED) is 0.373. The van der Waals surface area contributed by atoms with Gasteiger partial charge in [-0.25, -0.2) is 4.79 Å². The van der Waals surface area contributed by atoms with Gasteiger partial charge < -0.3 is 15.2 Å². The fourth-order valence-electron chi connectivity index (χ4n) is 4.45. The van der Waals surface area contributed by atoms with Crippen molar-refractivity contribution in [3.05, 3.63) is 95.2 Å². The van der Waals surface area contributed by atoms with E-state index in [4.69, 9.17) is 0 Å². The summed E-state index contributed by atoms with van der Waals surface area (Å²) in [5.74, 6) is 0. The third kappa shape index (κ3) is 3.70. The second kappa shape index (κ2) is 8.16. The van der Waals surface area contributed by atoms with Crippen LogP contribution in [-0.4, -0.2) is 28.7 Å². The molecule has 1 aliphatic heterocycles. The number of aromatic amines is 1. The third-order valence-electron chi connectivity index (χ3n) is 6.01. The molecule has 0 saturated heterocycles. The molecule has 1 aliphatic rings. The van der Waals surface area contributed by atoms with E-state index in [-0.39, 0.29) is 12.1 Å². The molecule has 0 saturated carbocycles. The molecule has 2 heterocycles. The van der Waals surface area contributed by atoms with Crippen molar-refractivity contribution in [1.82, 2.24) is 9.88 Å². The van der Waals surface area contributed by atoms with E-state index in [9.17, 15) is 4.79 Å². The zero-order valence-electron chi connectivity index (χ0n) is 17.7. The largest absolute Gasteiger partial charge is 0.356 e. The lowest BCUT2D eigenvalue weighted by atomic mass is 9.92. The predicted octanol–water partition coefficient (Wildman–Crippen LogP) is 6.38. The first-order valence-corrected chi connectivity index (χ1v) is 11.7. The molecule has 1 aromatic heterocycles. The van der Waals surface area contributed by atoms with Gasteiger partial charge in [0.15, 0.2) is 0 Å². The lowest BCUT2D eigenvalue weighted by Gasteiger charge is -2.36. The van der Waals surface area contributed by atoms with Crippen molar-refractivity contribution in [2.75, 3.05) is 18.1 Å². The summed E-state index contributed by atoms with van der Waals surface area (Å²) in [7, 11) is 0. The molecule has 0 spiro atoms. The Bertz CT molecular complexity index is 1250. The van der Waals surface area contributed by atoms with E-state index in [1.54, 1.807) is 11.8 Å². The molecule has 2 N–H and O–H groups in total. The van der Waals surface area contributed by atoms with Crippen LogP contribution < -0.4 is 5.32 Å². The first-order valence-electron chi connectivity index (χ1n) is 10.5. The summed E-state index contributed by atoms with van der Waals surface area (Å²) in [6, 6.07) is 24.7. The maximum absolute atomic E-state index is 13.4. The van der Waals surface area contributed by atoms with Gasteiger partial charge in [-0.3, -0.25) is 0 Å². The molecule has 0 bridgehead atoms. The van der Waals surface area contributed by atoms with Crippen LogP contribution in [-0.2, 0) is 6.42 Å². The number of aryl methyl sites for hydroxylation is 1. The minimum Gasteiger partial charge on any atom is -0.356 e. The molecule has 4 aromatic rings. The van der Waals surface area contributed by atoms with Gasteiger partial charge >= 0.3 is 6.03 Å². The number of anilines is 1. The summed E-state index contributed by atoms with van der Waals surface area (Å²) >= 11 is 1.67. The number of hydrogen-bond donors (Lipinski definition) is 2. The van der Waals surface area contributed by atoms with Crippen LogP contribution in [0.5, 0.6) is 0 Å². The van der Waals surface area contributed by atoms with Gasteiger partial charge in [0, 0.05) is 33.7 Å². The van der Waals surface area contributed by atoms with E-state index in [0.29, 0.717) is 6.54 Å². The molecular formula is C26H25N3OS. The summed E-state index contributed by atoms with van der Waals surface area (Å²) in [5.41, 5.74) is 6.70. The van der Waals surface area contributed by atoms with Crippen molar-refractivity contribution in [3.63, 3.8) is 0 Å². The maximum Gasteiger partial charge on any atom is 0.322 e. The highest BCUT2D eigenvalue weighted by atomic mass is 32.2. The van der Waals surface area contributed by atoms with Crippen LogP contribution >= 0.6 is 11.8 Å². The molecule has 1 atom stereocenters. The van der Waals surface area contributed by atoms with Crippen molar-refractivity contribution in [2.45, 2.75) is 24.3 Å². The highest BCUT2D eigenvalue weighted by Crippen LogP contribution is 2.38. The van der Waals surface area contributed by atoms with Gasteiger partial charge in [0.25, 0.3) is 0 Å². The number of fused-ring (bicyclic) bond motifs is 3. The Morgan fingerprint density at radius 1 is 1.06 bits per heavy atom. The lowest BCUT2D eigenvalue weighted by molar-refractivity contribution is 0.193. The monoisotopic (exact) mass is 427 g/mol. The van der Waals surface area contributed by atoms with E-state index < -0.39 is 0 Å². The number of para-hydroxylation sites is 1. The summed E-state index contributed by atoms with van der Waals surface area (Å²) in [6.45, 7) is 2.75. The van der Waals surface area contributed by atoms with Crippen LogP contribution in [0.1, 0.15) is 28.4 Å². The van der Waals surface area contributed by atoms with Gasteiger partial charge in [0.1, 0.15) is 0 Å². The minimum atomic E-state index is -0.152. The fraction of sp³-hybridized carbons (Fsp3) is 0.192. The van der Waals surface area contributed by atoms with Crippen LogP contribution in [0.25, 0.3) is 10.9 Å². The van der Waals surface area contributed by atoms with Crippen LogP contribution in [0.3, 0.4) is 0 Å². The maximum atomic E-state index is 13.4. The molecule has 0 radical (unpaired) electrons. The van der Waals surface area contributed by atoms with Gasteiger partial charge in [0.05, 0.1) is 6.04 Å². The summed E-state index contributed by atoms with van der Waals surface area (Å²) in [6.07, 6.45) is 2.87. The molecular weight excluding hydrogens is 402 g/mol. The number of benzene rings is 3. The second-order valence-electron chi connectivity index (χ2n) is 7.98. The van der Waals surface area contributed by atoms with Gasteiger partial charge in [-0.2, -0.15) is 0 Å². The Balaban J connectivity index is 1.55. The number of carbonyl (C=O) groups is 1.